The van der Waals surface area contributed by atoms with Crippen molar-refractivity contribution in [1.82, 2.24) is 5.32 Å². The van der Waals surface area contributed by atoms with Crippen LogP contribution >= 0.6 is 0 Å². The van der Waals surface area contributed by atoms with Gasteiger partial charge in [0.25, 0.3) is 0 Å². The van der Waals surface area contributed by atoms with Crippen molar-refractivity contribution in [1.29, 1.82) is 0 Å². The van der Waals surface area contributed by atoms with E-state index in [0.29, 0.717) is 12.5 Å². The summed E-state index contributed by atoms with van der Waals surface area (Å²) in [5.74, 6) is 0.592. The van der Waals surface area contributed by atoms with Gasteiger partial charge in [-0.15, -0.1) is 0 Å². The molecule has 0 aliphatic rings. The molecule has 16 heavy (non-hydrogen) atoms. The summed E-state index contributed by atoms with van der Waals surface area (Å²) >= 11 is 0. The van der Waals surface area contributed by atoms with Crippen LogP contribution in [0.3, 0.4) is 0 Å². The Bertz CT molecular complexity index is 299. The van der Waals surface area contributed by atoms with Crippen LogP contribution < -0.4 is 5.32 Å². The normalized spacial score (nSPS) is 12.7. The highest BCUT2D eigenvalue weighted by molar-refractivity contribution is 5.21. The van der Waals surface area contributed by atoms with E-state index in [1.165, 1.54) is 11.1 Å². The summed E-state index contributed by atoms with van der Waals surface area (Å²) in [4.78, 5) is 0. The third-order valence-electron chi connectivity index (χ3n) is 2.96. The molecular formula is C14H23NO. The lowest BCUT2D eigenvalue weighted by molar-refractivity contribution is 0.251. The summed E-state index contributed by atoms with van der Waals surface area (Å²) in [5, 5.41) is 12.3. The molecule has 0 saturated heterocycles. The maximum absolute atomic E-state index is 8.89. The molecule has 1 aromatic rings. The number of aliphatic hydroxyl groups excluding tert-OH is 1. The second-order valence-corrected chi connectivity index (χ2v) is 4.41. The van der Waals surface area contributed by atoms with Gasteiger partial charge in [0.05, 0.1) is 0 Å². The van der Waals surface area contributed by atoms with E-state index in [0.717, 1.165) is 25.9 Å². The average molecular weight is 221 g/mol. The van der Waals surface area contributed by atoms with Crippen LogP contribution in [0.2, 0.25) is 0 Å². The van der Waals surface area contributed by atoms with Crippen LogP contribution in [0.1, 0.15) is 30.9 Å². The zero-order chi connectivity index (χ0) is 11.8. The van der Waals surface area contributed by atoms with Gasteiger partial charge in [-0.3, -0.25) is 0 Å². The Morgan fingerprint density at radius 3 is 2.81 bits per heavy atom. The Labute approximate surface area is 98.7 Å². The second kappa shape index (κ2) is 7.42. The van der Waals surface area contributed by atoms with E-state index in [1.54, 1.807) is 0 Å². The van der Waals surface area contributed by atoms with E-state index >= 15 is 0 Å². The molecule has 0 amide bonds. The van der Waals surface area contributed by atoms with Crippen molar-refractivity contribution >= 4 is 0 Å². The fraction of sp³-hybridized carbons (Fsp3) is 0.571. The van der Waals surface area contributed by atoms with Crippen LogP contribution in [-0.4, -0.2) is 18.3 Å². The zero-order valence-corrected chi connectivity index (χ0v) is 10.4. The first-order valence-electron chi connectivity index (χ1n) is 6.13. The second-order valence-electron chi connectivity index (χ2n) is 4.41. The fourth-order valence-corrected chi connectivity index (χ4v) is 1.88. The van der Waals surface area contributed by atoms with Gasteiger partial charge in [0, 0.05) is 13.2 Å². The van der Waals surface area contributed by atoms with Crippen molar-refractivity contribution in [3.05, 3.63) is 35.4 Å². The van der Waals surface area contributed by atoms with E-state index in [1.807, 2.05) is 0 Å². The highest BCUT2D eigenvalue weighted by Gasteiger charge is 2.04. The van der Waals surface area contributed by atoms with E-state index in [-0.39, 0.29) is 0 Å². The molecule has 90 valence electrons. The van der Waals surface area contributed by atoms with Crippen LogP contribution in [0.5, 0.6) is 0 Å². The van der Waals surface area contributed by atoms with Crippen molar-refractivity contribution < 1.29 is 5.11 Å². The predicted octanol–water partition coefficient (Wildman–Crippen LogP) is 2.49. The van der Waals surface area contributed by atoms with Crippen LogP contribution in [0, 0.1) is 12.8 Å². The maximum atomic E-state index is 8.89. The molecule has 1 rings (SSSR count). The molecule has 2 nitrogen and oxygen atoms in total. The highest BCUT2D eigenvalue weighted by atomic mass is 16.3. The summed E-state index contributed by atoms with van der Waals surface area (Å²) in [6.07, 6.45) is 2.03. The first-order valence-corrected chi connectivity index (χ1v) is 6.13. The van der Waals surface area contributed by atoms with Crippen molar-refractivity contribution in [2.24, 2.45) is 5.92 Å². The minimum atomic E-state index is 0.296. The lowest BCUT2D eigenvalue weighted by atomic mass is 10.0. The molecule has 0 radical (unpaired) electrons. The lowest BCUT2D eigenvalue weighted by Gasteiger charge is -2.14. The number of rotatable bonds is 7. The number of aliphatic hydroxyl groups is 1. The van der Waals surface area contributed by atoms with Crippen molar-refractivity contribution in [3.63, 3.8) is 0 Å². The Morgan fingerprint density at radius 1 is 1.38 bits per heavy atom. The SMILES string of the molecule is CCC(CCO)CNCc1cccc(C)c1. The molecular weight excluding hydrogens is 198 g/mol. The quantitative estimate of drug-likeness (QED) is 0.741. The molecule has 1 atom stereocenters. The van der Waals surface area contributed by atoms with Crippen LogP contribution in [0.15, 0.2) is 24.3 Å². The van der Waals surface area contributed by atoms with Gasteiger partial charge in [-0.1, -0.05) is 43.2 Å². The van der Waals surface area contributed by atoms with Gasteiger partial charge < -0.3 is 10.4 Å². The van der Waals surface area contributed by atoms with E-state index in [2.05, 4.69) is 43.4 Å². The minimum Gasteiger partial charge on any atom is -0.396 e. The Morgan fingerprint density at radius 2 is 2.19 bits per heavy atom. The highest BCUT2D eigenvalue weighted by Crippen LogP contribution is 2.07. The van der Waals surface area contributed by atoms with Gasteiger partial charge in [-0.05, 0) is 31.4 Å². The van der Waals surface area contributed by atoms with Gasteiger partial charge in [-0.2, -0.15) is 0 Å². The molecule has 0 saturated carbocycles. The van der Waals surface area contributed by atoms with Crippen molar-refractivity contribution in [3.8, 4) is 0 Å². The molecule has 0 spiro atoms. The largest absolute Gasteiger partial charge is 0.396 e. The molecule has 0 heterocycles. The first-order chi connectivity index (χ1) is 7.76. The third-order valence-corrected chi connectivity index (χ3v) is 2.96. The topological polar surface area (TPSA) is 32.3 Å². The monoisotopic (exact) mass is 221 g/mol. The molecule has 1 unspecified atom stereocenters. The molecule has 2 N–H and O–H groups in total. The van der Waals surface area contributed by atoms with E-state index in [4.69, 9.17) is 5.11 Å². The average Bonchev–Trinajstić information content (AvgIpc) is 2.28. The Kier molecular flexibility index (Phi) is 6.12. The summed E-state index contributed by atoms with van der Waals surface area (Å²) in [7, 11) is 0. The molecule has 0 fully saturated rings. The van der Waals surface area contributed by atoms with Crippen molar-refractivity contribution in [2.75, 3.05) is 13.2 Å². The summed E-state index contributed by atoms with van der Waals surface area (Å²) in [5.41, 5.74) is 2.64. The zero-order valence-electron chi connectivity index (χ0n) is 10.4. The summed E-state index contributed by atoms with van der Waals surface area (Å²) in [6, 6.07) is 8.56. The number of hydrogen-bond donors (Lipinski definition) is 2. The summed E-state index contributed by atoms with van der Waals surface area (Å²) in [6.45, 7) is 6.50. The van der Waals surface area contributed by atoms with E-state index in [9.17, 15) is 0 Å². The minimum absolute atomic E-state index is 0.296. The smallest absolute Gasteiger partial charge is 0.0434 e. The van der Waals surface area contributed by atoms with Crippen LogP contribution in [0.4, 0.5) is 0 Å². The number of nitrogens with one attached hydrogen (secondary N) is 1. The lowest BCUT2D eigenvalue weighted by Crippen LogP contribution is -2.22. The van der Waals surface area contributed by atoms with Crippen LogP contribution in [-0.2, 0) is 6.54 Å². The summed E-state index contributed by atoms with van der Waals surface area (Å²) < 4.78 is 0. The first kappa shape index (κ1) is 13.2. The number of hydrogen-bond acceptors (Lipinski definition) is 2. The molecule has 0 bridgehead atoms. The Hall–Kier alpha value is -0.860. The predicted molar refractivity (Wildman–Crippen MR) is 68.4 cm³/mol. The third kappa shape index (κ3) is 4.77. The van der Waals surface area contributed by atoms with E-state index < -0.39 is 0 Å². The fourth-order valence-electron chi connectivity index (χ4n) is 1.88. The van der Waals surface area contributed by atoms with Crippen LogP contribution in [0.25, 0.3) is 0 Å². The van der Waals surface area contributed by atoms with Gasteiger partial charge in [0.15, 0.2) is 0 Å². The maximum Gasteiger partial charge on any atom is 0.0434 e. The standard InChI is InChI=1S/C14H23NO/c1-3-13(7-8-16)10-15-11-14-6-4-5-12(2)9-14/h4-6,9,13,15-16H,3,7-8,10-11H2,1-2H3. The molecule has 0 aliphatic carbocycles. The Balaban J connectivity index is 2.29. The number of benzene rings is 1. The van der Waals surface area contributed by atoms with Crippen molar-refractivity contribution in [2.45, 2.75) is 33.2 Å². The van der Waals surface area contributed by atoms with Gasteiger partial charge in [0.1, 0.15) is 0 Å². The van der Waals surface area contributed by atoms with Gasteiger partial charge in [0.2, 0.25) is 0 Å². The number of aryl methyl sites for hydroxylation is 1. The van der Waals surface area contributed by atoms with Gasteiger partial charge in [-0.25, -0.2) is 0 Å². The molecule has 0 aliphatic heterocycles. The molecule has 1 aromatic carbocycles. The molecule has 2 heteroatoms. The molecule has 0 aromatic heterocycles. The van der Waals surface area contributed by atoms with Gasteiger partial charge >= 0.3 is 0 Å².